The number of halogens is 1. The molecule has 1 unspecified atom stereocenters. The van der Waals surface area contributed by atoms with E-state index in [1.165, 1.54) is 11.0 Å². The topological polar surface area (TPSA) is 12.0 Å². The van der Waals surface area contributed by atoms with Gasteiger partial charge < -0.3 is 0 Å². The van der Waals surface area contributed by atoms with E-state index in [1.54, 1.807) is 0 Å². The molecule has 1 N–H and O–H groups in total. The van der Waals surface area contributed by atoms with Gasteiger partial charge in [-0.3, -0.25) is 0 Å². The molecule has 0 spiro atoms. The van der Waals surface area contributed by atoms with Crippen LogP contribution in [0.15, 0.2) is 0 Å². The van der Waals surface area contributed by atoms with Gasteiger partial charge in [-0.2, -0.15) is 0 Å². The van der Waals surface area contributed by atoms with E-state index < -0.39 is 0 Å². The maximum absolute atomic E-state index is 3.37. The fourth-order valence-electron chi connectivity index (χ4n) is 0.375. The van der Waals surface area contributed by atoms with Crippen molar-refractivity contribution in [3.05, 3.63) is 0 Å². The predicted molar refractivity (Wildman–Crippen MR) is 22.3 cm³/mol. The molecule has 38 valence electrons. The van der Waals surface area contributed by atoms with E-state index in [0.29, 0.717) is 21.2 Å². The fourth-order valence-corrected chi connectivity index (χ4v) is 1.69. The van der Waals surface area contributed by atoms with Gasteiger partial charge in [0.05, 0.1) is 0 Å². The molecular formula is C4H9IN-. The van der Waals surface area contributed by atoms with Crippen molar-refractivity contribution in [2.75, 3.05) is 11.0 Å². The molecule has 0 aliphatic carbocycles. The summed E-state index contributed by atoms with van der Waals surface area (Å²) in [5.41, 5.74) is 0. The molecule has 0 aromatic rings. The van der Waals surface area contributed by atoms with Crippen LogP contribution >= 0.6 is 0 Å². The minimum absolute atomic E-state index is 0.657. The summed E-state index contributed by atoms with van der Waals surface area (Å²) in [6, 6.07) is 0. The molecule has 1 rings (SSSR count). The molecule has 0 amide bonds. The molecule has 0 aromatic carbocycles. The standard InChI is InChI=1S/C4H9IN/c1-2-6-4-3-5-4/h4,6H,2-3H2,1H3/q-1. The SMILES string of the molecule is CCNC1C[I-]1. The summed E-state index contributed by atoms with van der Waals surface area (Å²) in [6.45, 7) is 3.34. The summed E-state index contributed by atoms with van der Waals surface area (Å²) in [4.78, 5) is 0. The number of hydrogen-bond donors (Lipinski definition) is 1. The number of rotatable bonds is 2. The quantitative estimate of drug-likeness (QED) is 0.284. The molecule has 2 heteroatoms. The summed E-state index contributed by atoms with van der Waals surface area (Å²) >= 11 is 0.657. The number of nitrogens with one attached hydrogen (secondary N) is 1. The van der Waals surface area contributed by atoms with Crippen LogP contribution in [0.1, 0.15) is 6.92 Å². The average molecular weight is 198 g/mol. The second-order valence-electron chi connectivity index (χ2n) is 1.33. The van der Waals surface area contributed by atoms with Gasteiger partial charge in [0.15, 0.2) is 0 Å². The van der Waals surface area contributed by atoms with E-state index in [-0.39, 0.29) is 0 Å². The zero-order valence-electron chi connectivity index (χ0n) is 3.87. The molecule has 0 aromatic heterocycles. The van der Waals surface area contributed by atoms with Crippen molar-refractivity contribution in [3.63, 3.8) is 0 Å². The first-order chi connectivity index (χ1) is 2.93. The first-order valence-corrected chi connectivity index (χ1v) is 5.01. The van der Waals surface area contributed by atoms with Gasteiger partial charge in [0.2, 0.25) is 0 Å². The van der Waals surface area contributed by atoms with Crippen LogP contribution in [0.2, 0.25) is 0 Å². The van der Waals surface area contributed by atoms with Crippen molar-refractivity contribution in [1.82, 2.24) is 5.32 Å². The Morgan fingerprint density at radius 3 is 2.83 bits per heavy atom. The van der Waals surface area contributed by atoms with Gasteiger partial charge in [-0.05, 0) is 0 Å². The van der Waals surface area contributed by atoms with E-state index >= 15 is 0 Å². The summed E-state index contributed by atoms with van der Waals surface area (Å²) < 4.78 is 2.53. The Morgan fingerprint density at radius 2 is 2.67 bits per heavy atom. The zero-order valence-corrected chi connectivity index (χ0v) is 6.03. The third-order valence-electron chi connectivity index (χ3n) is 0.734. The molecule has 0 radical (unpaired) electrons. The van der Waals surface area contributed by atoms with Crippen LogP contribution in [-0.2, 0) is 0 Å². The van der Waals surface area contributed by atoms with Gasteiger partial charge in [0.25, 0.3) is 0 Å². The molecule has 0 bridgehead atoms. The van der Waals surface area contributed by atoms with Crippen LogP contribution in [0.3, 0.4) is 0 Å². The van der Waals surface area contributed by atoms with Crippen molar-refractivity contribution in [2.24, 2.45) is 0 Å². The molecule has 1 aliphatic rings. The number of alkyl halides is 2. The molecule has 1 aliphatic heterocycles. The first-order valence-electron chi connectivity index (χ1n) is 2.24. The Bertz CT molecular complexity index is 42.8. The molecule has 1 saturated heterocycles. The monoisotopic (exact) mass is 198 g/mol. The summed E-state index contributed by atoms with van der Waals surface area (Å²) in [7, 11) is 0. The van der Waals surface area contributed by atoms with E-state index in [0.717, 1.165) is 4.05 Å². The Labute approximate surface area is 48.8 Å². The molecule has 1 fully saturated rings. The van der Waals surface area contributed by atoms with Crippen LogP contribution in [0.25, 0.3) is 0 Å². The van der Waals surface area contributed by atoms with Crippen molar-refractivity contribution in [2.45, 2.75) is 11.0 Å². The number of hydrogen-bond acceptors (Lipinski definition) is 1. The second kappa shape index (κ2) is 2.12. The third-order valence-corrected chi connectivity index (χ3v) is 2.94. The Balaban J connectivity index is 1.88. The summed E-state index contributed by atoms with van der Waals surface area (Å²) in [5, 5.41) is 3.37. The molecule has 6 heavy (non-hydrogen) atoms. The Morgan fingerprint density at radius 1 is 2.00 bits per heavy atom. The van der Waals surface area contributed by atoms with Gasteiger partial charge >= 0.3 is 48.5 Å². The van der Waals surface area contributed by atoms with Gasteiger partial charge in [0, 0.05) is 0 Å². The summed E-state index contributed by atoms with van der Waals surface area (Å²) in [6.07, 6.45) is 0. The van der Waals surface area contributed by atoms with Crippen LogP contribution in [0, 0.1) is 0 Å². The maximum atomic E-state index is 3.37. The molecule has 1 heterocycles. The second-order valence-corrected chi connectivity index (χ2v) is 4.60. The molecule has 1 nitrogen and oxygen atoms in total. The normalized spacial score (nSPS) is 31.8. The fraction of sp³-hybridized carbons (Fsp3) is 1.00. The van der Waals surface area contributed by atoms with Gasteiger partial charge in [-0.15, -0.1) is 0 Å². The van der Waals surface area contributed by atoms with Crippen LogP contribution in [-0.4, -0.2) is 15.0 Å². The Kier molecular flexibility index (Phi) is 1.71. The van der Waals surface area contributed by atoms with Crippen LogP contribution in [0.5, 0.6) is 0 Å². The molecule has 0 saturated carbocycles. The van der Waals surface area contributed by atoms with Crippen molar-refractivity contribution >= 4 is 0 Å². The summed E-state index contributed by atoms with van der Waals surface area (Å²) in [5.74, 6) is 0. The average Bonchev–Trinajstić information content (AvgIpc) is 2.21. The van der Waals surface area contributed by atoms with E-state index in [2.05, 4.69) is 12.2 Å². The van der Waals surface area contributed by atoms with E-state index in [1.807, 2.05) is 0 Å². The van der Waals surface area contributed by atoms with Crippen molar-refractivity contribution in [3.8, 4) is 0 Å². The van der Waals surface area contributed by atoms with E-state index in [9.17, 15) is 0 Å². The van der Waals surface area contributed by atoms with Gasteiger partial charge in [0.1, 0.15) is 0 Å². The minimum atomic E-state index is 0.657. The van der Waals surface area contributed by atoms with Gasteiger partial charge in [-0.1, -0.05) is 0 Å². The van der Waals surface area contributed by atoms with Gasteiger partial charge in [-0.25, -0.2) is 0 Å². The molecular weight excluding hydrogens is 189 g/mol. The van der Waals surface area contributed by atoms with Crippen molar-refractivity contribution < 1.29 is 21.2 Å². The van der Waals surface area contributed by atoms with Crippen LogP contribution < -0.4 is 26.5 Å². The van der Waals surface area contributed by atoms with Crippen LogP contribution in [0.4, 0.5) is 0 Å². The first kappa shape index (κ1) is 4.84. The predicted octanol–water partition coefficient (Wildman–Crippen LogP) is -2.98. The zero-order chi connectivity index (χ0) is 4.41. The third kappa shape index (κ3) is 1.43. The van der Waals surface area contributed by atoms with E-state index in [4.69, 9.17) is 0 Å². The van der Waals surface area contributed by atoms with Crippen molar-refractivity contribution in [1.29, 1.82) is 0 Å². The Hall–Kier alpha value is 0.690. The molecule has 1 atom stereocenters.